The van der Waals surface area contributed by atoms with Crippen LogP contribution in [-0.4, -0.2) is 34.8 Å². The Balaban J connectivity index is 0.000000261. The summed E-state index contributed by atoms with van der Waals surface area (Å²) in [6.45, 7) is 0. The first-order valence-corrected chi connectivity index (χ1v) is 9.71. The quantitative estimate of drug-likeness (QED) is 0.595. The summed E-state index contributed by atoms with van der Waals surface area (Å²) in [4.78, 5) is 11.6. The molecule has 0 aromatic heterocycles. The Hall–Kier alpha value is -0.280. The van der Waals surface area contributed by atoms with Crippen LogP contribution in [0.3, 0.4) is 0 Å². The van der Waals surface area contributed by atoms with Crippen LogP contribution in [0.5, 0.6) is 0 Å². The molecule has 1 N–H and O–H groups in total. The molecule has 4 nitrogen and oxygen atoms in total. The number of carbonyl (C=O) groups is 1. The smallest absolute Gasteiger partial charge is 0.298 e. The van der Waals surface area contributed by atoms with Crippen molar-refractivity contribution in [3.8, 4) is 0 Å². The van der Waals surface area contributed by atoms with Crippen molar-refractivity contribution >= 4 is 27.7 Å². The fourth-order valence-corrected chi connectivity index (χ4v) is 4.17. The molecule has 0 bridgehead atoms. The van der Waals surface area contributed by atoms with Gasteiger partial charge in [0.05, 0.1) is 5.25 Å². The number of ketones is 1. The van der Waals surface area contributed by atoms with E-state index in [1.807, 2.05) is 11.8 Å². The minimum absolute atomic E-state index is 0.367. The standard InChI is InChI=1S/C12H20OS.CHF3O3S/c13-11-8-4-5-9-12(11)14-10-6-2-1-3-7-10;2-1(3,4)8(5,6)7/h10,12H,1-9H2;(H,5,6,7). The number of hydrogen-bond donors (Lipinski definition) is 1. The largest absolute Gasteiger partial charge is 0.522 e. The fraction of sp³-hybridized carbons (Fsp3) is 0.923. The SMILES string of the molecule is O=C1CCCCC1SC1CCCCC1.O=S(=O)(O)C(F)(F)F. The van der Waals surface area contributed by atoms with Crippen LogP contribution >= 0.6 is 11.8 Å². The maximum absolute atomic E-state index is 11.6. The highest BCUT2D eigenvalue weighted by Gasteiger charge is 2.44. The van der Waals surface area contributed by atoms with Crippen LogP contribution in [-0.2, 0) is 14.9 Å². The minimum atomic E-state index is -5.84. The summed E-state index contributed by atoms with van der Waals surface area (Å²) in [6, 6.07) is 0. The second-order valence-corrected chi connectivity index (χ2v) is 8.44. The van der Waals surface area contributed by atoms with Crippen molar-refractivity contribution < 1.29 is 30.9 Å². The van der Waals surface area contributed by atoms with Crippen LogP contribution in [0, 0.1) is 0 Å². The summed E-state index contributed by atoms with van der Waals surface area (Å²) < 4.78 is 57.5. The van der Waals surface area contributed by atoms with Crippen molar-refractivity contribution in [2.45, 2.75) is 73.8 Å². The molecule has 0 aromatic rings. The summed E-state index contributed by atoms with van der Waals surface area (Å²) >= 11 is 2.00. The molecular formula is C13H21F3O4S2. The van der Waals surface area contributed by atoms with Crippen molar-refractivity contribution in [2.24, 2.45) is 0 Å². The maximum atomic E-state index is 11.6. The molecule has 0 aromatic carbocycles. The van der Waals surface area contributed by atoms with Gasteiger partial charge in [0, 0.05) is 11.7 Å². The Morgan fingerprint density at radius 2 is 1.50 bits per heavy atom. The molecule has 0 amide bonds. The van der Waals surface area contributed by atoms with E-state index < -0.39 is 15.6 Å². The van der Waals surface area contributed by atoms with Crippen LogP contribution in [0.2, 0.25) is 0 Å². The number of carbonyl (C=O) groups excluding carboxylic acids is 1. The Bertz CT molecular complexity index is 456. The van der Waals surface area contributed by atoms with Gasteiger partial charge in [0.1, 0.15) is 5.78 Å². The monoisotopic (exact) mass is 362 g/mol. The molecular weight excluding hydrogens is 341 g/mol. The zero-order valence-electron chi connectivity index (χ0n) is 12.1. The van der Waals surface area contributed by atoms with E-state index in [0.29, 0.717) is 11.0 Å². The van der Waals surface area contributed by atoms with Gasteiger partial charge in [-0.25, -0.2) is 0 Å². The predicted octanol–water partition coefficient (Wildman–Crippen LogP) is 3.96. The highest BCUT2D eigenvalue weighted by atomic mass is 32.2. The highest BCUT2D eigenvalue weighted by molar-refractivity contribution is 8.01. The van der Waals surface area contributed by atoms with Crippen molar-refractivity contribution in [1.82, 2.24) is 0 Å². The van der Waals surface area contributed by atoms with E-state index in [1.165, 1.54) is 38.5 Å². The Morgan fingerprint density at radius 3 is 1.95 bits per heavy atom. The lowest BCUT2D eigenvalue weighted by Crippen LogP contribution is -2.25. The molecule has 0 spiro atoms. The third-order valence-electron chi connectivity index (χ3n) is 3.70. The molecule has 2 fully saturated rings. The molecule has 9 heteroatoms. The maximum Gasteiger partial charge on any atom is 0.522 e. The van der Waals surface area contributed by atoms with E-state index in [9.17, 15) is 18.0 Å². The van der Waals surface area contributed by atoms with Crippen LogP contribution in [0.15, 0.2) is 0 Å². The first-order valence-electron chi connectivity index (χ1n) is 7.33. The number of alkyl halides is 3. The molecule has 130 valence electrons. The summed E-state index contributed by atoms with van der Waals surface area (Å²) in [5.74, 6) is 0.534. The van der Waals surface area contributed by atoms with Gasteiger partial charge in [0.15, 0.2) is 0 Å². The van der Waals surface area contributed by atoms with E-state index in [4.69, 9.17) is 13.0 Å². The molecule has 2 aliphatic rings. The molecule has 2 saturated carbocycles. The fourth-order valence-electron chi connectivity index (χ4n) is 2.53. The van der Waals surface area contributed by atoms with Gasteiger partial charge in [0.2, 0.25) is 0 Å². The Kier molecular flexibility index (Phi) is 7.67. The normalized spacial score (nSPS) is 24.5. The topological polar surface area (TPSA) is 71.4 Å². The van der Waals surface area contributed by atoms with Crippen molar-refractivity contribution in [3.05, 3.63) is 0 Å². The lowest BCUT2D eigenvalue weighted by Gasteiger charge is -2.27. The minimum Gasteiger partial charge on any atom is -0.298 e. The van der Waals surface area contributed by atoms with E-state index in [1.54, 1.807) is 0 Å². The van der Waals surface area contributed by atoms with Gasteiger partial charge >= 0.3 is 15.6 Å². The highest BCUT2D eigenvalue weighted by Crippen LogP contribution is 2.35. The van der Waals surface area contributed by atoms with Gasteiger partial charge < -0.3 is 0 Å². The molecule has 1 atom stereocenters. The molecule has 22 heavy (non-hydrogen) atoms. The molecule has 0 saturated heterocycles. The van der Waals surface area contributed by atoms with Gasteiger partial charge in [-0.1, -0.05) is 25.7 Å². The van der Waals surface area contributed by atoms with Gasteiger partial charge in [0.25, 0.3) is 0 Å². The molecule has 0 radical (unpaired) electrons. The molecule has 2 rings (SSSR count). The van der Waals surface area contributed by atoms with E-state index in [-0.39, 0.29) is 0 Å². The van der Waals surface area contributed by atoms with Crippen LogP contribution in [0.4, 0.5) is 13.2 Å². The summed E-state index contributed by atoms with van der Waals surface area (Å²) in [5.41, 5.74) is -5.53. The van der Waals surface area contributed by atoms with E-state index in [2.05, 4.69) is 0 Å². The summed E-state index contributed by atoms with van der Waals surface area (Å²) in [5, 5.41) is 1.17. The summed E-state index contributed by atoms with van der Waals surface area (Å²) in [6.07, 6.45) is 11.3. The number of thioether (sulfide) groups is 1. The zero-order chi connectivity index (χ0) is 16.8. The molecule has 0 heterocycles. The van der Waals surface area contributed by atoms with Crippen molar-refractivity contribution in [3.63, 3.8) is 0 Å². The van der Waals surface area contributed by atoms with E-state index in [0.717, 1.165) is 24.5 Å². The first-order chi connectivity index (χ1) is 10.1. The average Bonchev–Trinajstić information content (AvgIpc) is 2.41. The first kappa shape index (κ1) is 19.8. The van der Waals surface area contributed by atoms with Gasteiger partial charge in [-0.3, -0.25) is 9.35 Å². The van der Waals surface area contributed by atoms with Gasteiger partial charge in [-0.05, 0) is 25.7 Å². The number of rotatable bonds is 2. The van der Waals surface area contributed by atoms with Crippen molar-refractivity contribution in [1.29, 1.82) is 0 Å². The average molecular weight is 362 g/mol. The lowest BCUT2D eigenvalue weighted by atomic mass is 9.99. The third-order valence-corrected chi connectivity index (χ3v) is 5.97. The number of halogens is 3. The second-order valence-electron chi connectivity index (χ2n) is 5.52. The Labute approximate surface area is 133 Å². The third kappa shape index (κ3) is 6.87. The van der Waals surface area contributed by atoms with Crippen LogP contribution in [0.1, 0.15) is 57.8 Å². The van der Waals surface area contributed by atoms with Gasteiger partial charge in [-0.2, -0.15) is 21.6 Å². The number of hydrogen-bond acceptors (Lipinski definition) is 4. The van der Waals surface area contributed by atoms with Gasteiger partial charge in [-0.15, -0.1) is 11.8 Å². The predicted molar refractivity (Wildman–Crippen MR) is 79.3 cm³/mol. The van der Waals surface area contributed by atoms with E-state index >= 15 is 0 Å². The number of Topliss-reactive ketones (excluding diaryl/α,β-unsaturated/α-hetero) is 1. The zero-order valence-corrected chi connectivity index (χ0v) is 13.8. The van der Waals surface area contributed by atoms with Crippen LogP contribution < -0.4 is 0 Å². The molecule has 1 unspecified atom stereocenters. The molecule has 0 aliphatic heterocycles. The Morgan fingerprint density at radius 1 is 1.00 bits per heavy atom. The summed E-state index contributed by atoms with van der Waals surface area (Å²) in [7, 11) is -5.84. The lowest BCUT2D eigenvalue weighted by molar-refractivity contribution is -0.119. The van der Waals surface area contributed by atoms with Crippen LogP contribution in [0.25, 0.3) is 0 Å². The van der Waals surface area contributed by atoms with Crippen molar-refractivity contribution in [2.75, 3.05) is 0 Å². The molecule has 2 aliphatic carbocycles. The second kappa shape index (κ2) is 8.54.